The molecule has 0 saturated heterocycles. The zero-order valence-corrected chi connectivity index (χ0v) is 19.3. The molecule has 1 aliphatic carbocycles. The zero-order chi connectivity index (χ0) is 20.7. The Morgan fingerprint density at radius 3 is 2.36 bits per heavy atom. The van der Waals surface area contributed by atoms with Crippen LogP contribution < -0.4 is 9.59 Å². The minimum atomic E-state index is -0.733. The summed E-state index contributed by atoms with van der Waals surface area (Å²) in [5, 5.41) is 12.2. The lowest BCUT2D eigenvalue weighted by Gasteiger charge is -2.26. The average molecular weight is 442 g/mol. The van der Waals surface area contributed by atoms with Gasteiger partial charge in [-0.25, -0.2) is 0 Å². The van der Waals surface area contributed by atoms with Gasteiger partial charge < -0.3 is 0 Å². The molecule has 0 aromatic heterocycles. The van der Waals surface area contributed by atoms with Gasteiger partial charge in [-0.1, -0.05) is 68.6 Å². The molecule has 3 rings (SSSR count). The van der Waals surface area contributed by atoms with Crippen LogP contribution in [0.15, 0.2) is 36.4 Å². The van der Waals surface area contributed by atoms with Crippen molar-refractivity contribution in [2.45, 2.75) is 58.8 Å². The molecule has 6 heteroatoms. The second kappa shape index (κ2) is 10.9. The third kappa shape index (κ3) is 6.12. The second-order valence-electron chi connectivity index (χ2n) is 6.89. The normalized spacial score (nSPS) is 15.5. The van der Waals surface area contributed by atoms with Crippen LogP contribution in [0.5, 0.6) is 0 Å². The summed E-state index contributed by atoms with van der Waals surface area (Å²) in [6.07, 6.45) is 4.95. The first-order chi connectivity index (χ1) is 13.4. The first-order valence-electron chi connectivity index (χ1n) is 10.1. The molecule has 1 saturated carbocycles. The molecule has 0 heterocycles. The quantitative estimate of drug-likeness (QED) is 0.231. The SMILES string of the molecule is CC.CCCc1cc(C2CC2)cc(Cl)c1[N+](O)(S)NCCc1ccccc1Cl. The van der Waals surface area contributed by atoms with Crippen LogP contribution in [-0.2, 0) is 12.8 Å². The lowest BCUT2D eigenvalue weighted by molar-refractivity contribution is -0.0208. The molecule has 0 spiro atoms. The van der Waals surface area contributed by atoms with Gasteiger partial charge in [-0.15, -0.1) is 5.43 Å². The largest absolute Gasteiger partial charge is 0.219 e. The van der Waals surface area contributed by atoms with E-state index in [2.05, 4.69) is 31.2 Å². The fraction of sp³-hybridized carbons (Fsp3) is 0.455. The van der Waals surface area contributed by atoms with Gasteiger partial charge in [-0.05, 0) is 65.1 Å². The minimum Gasteiger partial charge on any atom is -0.178 e. The summed E-state index contributed by atoms with van der Waals surface area (Å²) in [4.78, 5) is 0. The van der Waals surface area contributed by atoms with E-state index < -0.39 is 4.16 Å². The highest BCUT2D eigenvalue weighted by Crippen LogP contribution is 2.45. The first-order valence-corrected chi connectivity index (χ1v) is 11.2. The molecule has 0 radical (unpaired) electrons. The molecule has 2 aromatic rings. The van der Waals surface area contributed by atoms with Gasteiger partial charge in [0, 0.05) is 10.6 Å². The summed E-state index contributed by atoms with van der Waals surface area (Å²) in [5.41, 5.74) is 7.02. The Morgan fingerprint density at radius 1 is 1.07 bits per heavy atom. The predicted molar refractivity (Wildman–Crippen MR) is 124 cm³/mol. The van der Waals surface area contributed by atoms with Crippen molar-refractivity contribution in [2.75, 3.05) is 6.54 Å². The van der Waals surface area contributed by atoms with Gasteiger partial charge in [0.1, 0.15) is 17.8 Å². The Morgan fingerprint density at radius 2 is 1.75 bits per heavy atom. The van der Waals surface area contributed by atoms with Gasteiger partial charge in [-0.3, -0.25) is 0 Å². The highest BCUT2D eigenvalue weighted by atomic mass is 35.5. The summed E-state index contributed by atoms with van der Waals surface area (Å²) in [6, 6.07) is 11.9. The van der Waals surface area contributed by atoms with E-state index in [0.29, 0.717) is 29.6 Å². The number of quaternary nitrogens is 1. The molecule has 0 amide bonds. The summed E-state index contributed by atoms with van der Waals surface area (Å²) in [7, 11) is 0. The maximum absolute atomic E-state index is 10.9. The van der Waals surface area contributed by atoms with Crippen molar-refractivity contribution in [3.63, 3.8) is 0 Å². The maximum atomic E-state index is 10.9. The Kier molecular flexibility index (Phi) is 9.13. The minimum absolute atomic E-state index is 0.510. The van der Waals surface area contributed by atoms with E-state index in [9.17, 15) is 5.21 Å². The number of thiol groups is 1. The standard InChI is InChI=1S/C20H25Cl2N2OS.C2H6/c1-2-5-16-12-17(14-8-9-14)13-19(22)20(16)24(25,26)23-11-10-15-6-3-4-7-18(15)21;1-2/h3-4,6-7,12-14,23,25-26H,2,5,8-11H2,1H3;1-2H3/q+1;. The van der Waals surface area contributed by atoms with Crippen LogP contribution in [0, 0.1) is 0 Å². The molecular formula is C22H31Cl2N2OS+. The summed E-state index contributed by atoms with van der Waals surface area (Å²) in [6.45, 7) is 6.63. The topological polar surface area (TPSA) is 32.3 Å². The molecule has 28 heavy (non-hydrogen) atoms. The van der Waals surface area contributed by atoms with Crippen LogP contribution in [0.25, 0.3) is 0 Å². The molecule has 1 fully saturated rings. The number of rotatable bonds is 8. The van der Waals surface area contributed by atoms with E-state index in [0.717, 1.165) is 29.0 Å². The zero-order valence-electron chi connectivity index (χ0n) is 16.9. The van der Waals surface area contributed by atoms with Gasteiger partial charge in [0.25, 0.3) is 0 Å². The van der Waals surface area contributed by atoms with Crippen LogP contribution in [0.2, 0.25) is 10.0 Å². The van der Waals surface area contributed by atoms with Crippen LogP contribution in [-0.4, -0.2) is 11.8 Å². The number of hydrogen-bond donors (Lipinski definition) is 3. The van der Waals surface area contributed by atoms with E-state index in [-0.39, 0.29) is 0 Å². The Hall–Kier alpha value is -0.750. The number of nitrogens with one attached hydrogen (secondary N) is 1. The number of aryl methyl sites for hydroxylation is 1. The van der Waals surface area contributed by atoms with Crippen molar-refractivity contribution in [1.82, 2.24) is 9.59 Å². The number of halogens is 2. The van der Waals surface area contributed by atoms with E-state index >= 15 is 0 Å². The molecule has 154 valence electrons. The molecule has 0 aliphatic heterocycles. The molecule has 2 N–H and O–H groups in total. The number of hydrogen-bond acceptors (Lipinski definition) is 3. The fourth-order valence-corrected chi connectivity index (χ4v) is 4.26. The Bertz CT molecular complexity index is 779. The molecular weight excluding hydrogens is 411 g/mol. The third-order valence-electron chi connectivity index (χ3n) is 4.73. The van der Waals surface area contributed by atoms with Gasteiger partial charge in [-0.2, -0.15) is 5.21 Å². The van der Waals surface area contributed by atoms with E-state index in [4.69, 9.17) is 23.2 Å². The van der Waals surface area contributed by atoms with Crippen molar-refractivity contribution in [3.8, 4) is 0 Å². The molecule has 1 atom stereocenters. The molecule has 2 aromatic carbocycles. The molecule has 1 aliphatic rings. The second-order valence-corrected chi connectivity index (χ2v) is 8.28. The maximum Gasteiger partial charge on any atom is 0.219 e. The Labute approximate surface area is 184 Å². The van der Waals surface area contributed by atoms with Gasteiger partial charge in [0.2, 0.25) is 5.69 Å². The fourth-order valence-electron chi connectivity index (χ4n) is 3.27. The summed E-state index contributed by atoms with van der Waals surface area (Å²) >= 11 is 17.2. The van der Waals surface area contributed by atoms with Gasteiger partial charge in [0.15, 0.2) is 0 Å². The van der Waals surface area contributed by atoms with Crippen LogP contribution >= 0.6 is 36.0 Å². The third-order valence-corrected chi connectivity index (χ3v) is 5.73. The van der Waals surface area contributed by atoms with Crippen molar-refractivity contribution in [1.29, 1.82) is 0 Å². The molecule has 3 nitrogen and oxygen atoms in total. The summed E-state index contributed by atoms with van der Waals surface area (Å²) < 4.78 is -0.733. The van der Waals surface area contributed by atoms with Gasteiger partial charge >= 0.3 is 0 Å². The average Bonchev–Trinajstić information content (AvgIpc) is 3.50. The first kappa shape index (κ1) is 23.5. The van der Waals surface area contributed by atoms with Crippen molar-refractivity contribution >= 4 is 41.7 Å². The van der Waals surface area contributed by atoms with Crippen molar-refractivity contribution < 1.29 is 5.21 Å². The van der Waals surface area contributed by atoms with Crippen molar-refractivity contribution in [3.05, 3.63) is 63.1 Å². The summed E-state index contributed by atoms with van der Waals surface area (Å²) in [5.74, 6) is 0.617. The van der Waals surface area contributed by atoms with Crippen LogP contribution in [0.4, 0.5) is 5.69 Å². The monoisotopic (exact) mass is 441 g/mol. The highest BCUT2D eigenvalue weighted by Gasteiger charge is 2.34. The molecule has 0 bridgehead atoms. The Balaban J connectivity index is 0.00000136. The van der Waals surface area contributed by atoms with E-state index in [1.165, 1.54) is 18.4 Å². The van der Waals surface area contributed by atoms with Gasteiger partial charge in [0.05, 0.1) is 6.54 Å². The highest BCUT2D eigenvalue weighted by molar-refractivity contribution is 7.79. The van der Waals surface area contributed by atoms with E-state index in [1.807, 2.05) is 44.2 Å². The number of benzene rings is 2. The smallest absolute Gasteiger partial charge is 0.178 e. The van der Waals surface area contributed by atoms with E-state index in [1.54, 1.807) is 0 Å². The lowest BCUT2D eigenvalue weighted by Crippen LogP contribution is -2.50. The van der Waals surface area contributed by atoms with Crippen LogP contribution in [0.1, 0.15) is 62.6 Å². The van der Waals surface area contributed by atoms with Crippen LogP contribution in [0.3, 0.4) is 0 Å². The number of nitrogens with zero attached hydrogens (tertiary/aromatic N) is 1. The molecule has 1 unspecified atom stereocenters. The lowest BCUT2D eigenvalue weighted by atomic mass is 10.0. The predicted octanol–water partition coefficient (Wildman–Crippen LogP) is 7.14. The van der Waals surface area contributed by atoms with Crippen molar-refractivity contribution in [2.24, 2.45) is 0 Å².